The minimum Gasteiger partial charge on any atom is -0.485 e. The molecule has 9 nitrogen and oxygen atoms in total. The van der Waals surface area contributed by atoms with Crippen LogP contribution in [0.1, 0.15) is 45.6 Å². The molecule has 0 saturated carbocycles. The number of ether oxygens (including phenoxy) is 5. The van der Waals surface area contributed by atoms with Crippen LogP contribution in [-0.4, -0.2) is 54.1 Å². The molecule has 3 rings (SSSR count). The summed E-state index contributed by atoms with van der Waals surface area (Å²) in [6.45, 7) is 8.41. The van der Waals surface area contributed by atoms with Crippen LogP contribution in [0.15, 0.2) is 29.3 Å². The van der Waals surface area contributed by atoms with Crippen LogP contribution in [-0.2, 0) is 26.4 Å². The van der Waals surface area contributed by atoms with Gasteiger partial charge in [0.05, 0.1) is 31.6 Å². The molecule has 1 atom stereocenters. The van der Waals surface area contributed by atoms with Gasteiger partial charge in [-0.15, -0.1) is 0 Å². The van der Waals surface area contributed by atoms with Gasteiger partial charge in [0.1, 0.15) is 13.2 Å². The van der Waals surface area contributed by atoms with Gasteiger partial charge in [0.25, 0.3) is 5.56 Å². The fourth-order valence-corrected chi connectivity index (χ4v) is 3.31. The van der Waals surface area contributed by atoms with Gasteiger partial charge >= 0.3 is 0 Å². The van der Waals surface area contributed by atoms with Crippen LogP contribution in [0, 0.1) is 0 Å². The molecule has 10 heteroatoms. The predicted octanol–water partition coefficient (Wildman–Crippen LogP) is 3.56. The number of aromatic nitrogens is 3. The van der Waals surface area contributed by atoms with Crippen molar-refractivity contribution in [1.29, 1.82) is 0 Å². The SMILES string of the molecule is CC(C)(C)n1ncc(OCc2ccc(OCCOCCOC3CCCCO3)nc2)c(Cl)c1=O. The van der Waals surface area contributed by atoms with Gasteiger partial charge < -0.3 is 23.7 Å². The lowest BCUT2D eigenvalue weighted by atomic mass is 10.1. The van der Waals surface area contributed by atoms with E-state index in [1.165, 1.54) is 10.9 Å². The zero-order chi connectivity index (χ0) is 23.7. The van der Waals surface area contributed by atoms with Crippen LogP contribution in [0.25, 0.3) is 0 Å². The summed E-state index contributed by atoms with van der Waals surface area (Å²) in [5.74, 6) is 0.723. The maximum atomic E-state index is 12.4. The molecule has 0 N–H and O–H groups in total. The first-order chi connectivity index (χ1) is 15.8. The van der Waals surface area contributed by atoms with E-state index in [4.69, 9.17) is 35.3 Å². The Balaban J connectivity index is 1.35. The Morgan fingerprint density at radius 1 is 1.12 bits per heavy atom. The monoisotopic (exact) mass is 481 g/mol. The van der Waals surface area contributed by atoms with Crippen LogP contribution in [0.2, 0.25) is 5.02 Å². The molecule has 1 aliphatic rings. The summed E-state index contributed by atoms with van der Waals surface area (Å²) in [6.07, 6.45) is 6.20. The zero-order valence-electron chi connectivity index (χ0n) is 19.4. The predicted molar refractivity (Wildman–Crippen MR) is 123 cm³/mol. The van der Waals surface area contributed by atoms with Gasteiger partial charge in [-0.05, 0) is 46.1 Å². The van der Waals surface area contributed by atoms with E-state index in [1.54, 1.807) is 12.3 Å². The molecule has 33 heavy (non-hydrogen) atoms. The summed E-state index contributed by atoms with van der Waals surface area (Å²) in [6, 6.07) is 3.58. The van der Waals surface area contributed by atoms with Gasteiger partial charge in [-0.1, -0.05) is 11.6 Å². The number of halogens is 1. The Bertz CT molecular complexity index is 923. The number of hydrogen-bond donors (Lipinski definition) is 0. The van der Waals surface area contributed by atoms with Crippen LogP contribution in [0.3, 0.4) is 0 Å². The third kappa shape index (κ3) is 7.96. The Labute approximate surface area is 198 Å². The maximum absolute atomic E-state index is 12.4. The van der Waals surface area contributed by atoms with E-state index in [9.17, 15) is 4.79 Å². The van der Waals surface area contributed by atoms with Crippen LogP contribution in [0.5, 0.6) is 11.6 Å². The lowest BCUT2D eigenvalue weighted by Gasteiger charge is -2.22. The number of hydrogen-bond acceptors (Lipinski definition) is 8. The highest BCUT2D eigenvalue weighted by Crippen LogP contribution is 2.22. The van der Waals surface area contributed by atoms with Gasteiger partial charge in [0, 0.05) is 24.4 Å². The second-order valence-corrected chi connectivity index (χ2v) is 9.01. The minimum absolute atomic E-state index is 0.00417. The molecular formula is C23H32ClN3O6. The van der Waals surface area contributed by atoms with E-state index in [0.717, 1.165) is 31.4 Å². The first kappa shape index (κ1) is 25.4. The van der Waals surface area contributed by atoms with Gasteiger partial charge in [0.15, 0.2) is 17.1 Å². The van der Waals surface area contributed by atoms with Crippen LogP contribution < -0.4 is 15.0 Å². The summed E-state index contributed by atoms with van der Waals surface area (Å²) < 4.78 is 29.2. The average Bonchev–Trinajstić information content (AvgIpc) is 2.80. The van der Waals surface area contributed by atoms with E-state index < -0.39 is 5.54 Å². The quantitative estimate of drug-likeness (QED) is 0.450. The van der Waals surface area contributed by atoms with Crippen LogP contribution in [0.4, 0.5) is 0 Å². The number of rotatable bonds is 11. The molecule has 182 valence electrons. The molecule has 1 aliphatic heterocycles. The molecule has 0 aliphatic carbocycles. The first-order valence-electron chi connectivity index (χ1n) is 11.1. The summed E-state index contributed by atoms with van der Waals surface area (Å²) >= 11 is 6.18. The third-order valence-corrected chi connectivity index (χ3v) is 5.21. The maximum Gasteiger partial charge on any atom is 0.289 e. The van der Waals surface area contributed by atoms with Crippen molar-refractivity contribution < 1.29 is 23.7 Å². The molecule has 1 fully saturated rings. The molecule has 0 spiro atoms. The van der Waals surface area contributed by atoms with Gasteiger partial charge in [-0.2, -0.15) is 5.10 Å². The molecule has 1 unspecified atom stereocenters. The molecule has 0 amide bonds. The molecule has 2 aromatic rings. The van der Waals surface area contributed by atoms with Gasteiger partial charge in [-0.25, -0.2) is 9.67 Å². The van der Waals surface area contributed by atoms with Crippen molar-refractivity contribution in [3.8, 4) is 11.6 Å². The Hall–Kier alpha value is -2.20. The highest BCUT2D eigenvalue weighted by molar-refractivity contribution is 6.31. The van der Waals surface area contributed by atoms with Gasteiger partial charge in [0.2, 0.25) is 5.88 Å². The van der Waals surface area contributed by atoms with Crippen LogP contribution >= 0.6 is 11.6 Å². The summed E-state index contributed by atoms with van der Waals surface area (Å²) in [5.41, 5.74) is -0.0572. The average molecular weight is 482 g/mol. The van der Waals surface area contributed by atoms with E-state index in [1.807, 2.05) is 26.8 Å². The minimum atomic E-state index is -0.471. The summed E-state index contributed by atoms with van der Waals surface area (Å²) in [5, 5.41) is 4.16. The number of pyridine rings is 1. The third-order valence-electron chi connectivity index (χ3n) is 4.86. The Morgan fingerprint density at radius 2 is 1.94 bits per heavy atom. The Morgan fingerprint density at radius 3 is 2.64 bits per heavy atom. The highest BCUT2D eigenvalue weighted by Gasteiger charge is 2.20. The molecular weight excluding hydrogens is 450 g/mol. The highest BCUT2D eigenvalue weighted by atomic mass is 35.5. The second-order valence-electron chi connectivity index (χ2n) is 8.63. The van der Waals surface area contributed by atoms with Crippen molar-refractivity contribution in [2.45, 2.75) is 58.5 Å². The van der Waals surface area contributed by atoms with Crippen molar-refractivity contribution in [2.75, 3.05) is 33.0 Å². The van der Waals surface area contributed by atoms with Crippen molar-refractivity contribution in [1.82, 2.24) is 14.8 Å². The molecule has 0 bridgehead atoms. The molecule has 0 aromatic carbocycles. The van der Waals surface area contributed by atoms with E-state index >= 15 is 0 Å². The first-order valence-corrected chi connectivity index (χ1v) is 11.5. The Kier molecular flexibility index (Phi) is 9.49. The summed E-state index contributed by atoms with van der Waals surface area (Å²) in [7, 11) is 0. The largest absolute Gasteiger partial charge is 0.485 e. The van der Waals surface area contributed by atoms with E-state index in [0.29, 0.717) is 32.3 Å². The fraction of sp³-hybridized carbons (Fsp3) is 0.609. The zero-order valence-corrected chi connectivity index (χ0v) is 20.2. The van der Waals surface area contributed by atoms with Crippen molar-refractivity contribution >= 4 is 11.6 Å². The molecule has 2 aromatic heterocycles. The smallest absolute Gasteiger partial charge is 0.289 e. The molecule has 3 heterocycles. The van der Waals surface area contributed by atoms with E-state index in [-0.39, 0.29) is 29.2 Å². The molecule has 0 radical (unpaired) electrons. The topological polar surface area (TPSA) is 93.9 Å². The lowest BCUT2D eigenvalue weighted by molar-refractivity contribution is -0.169. The summed E-state index contributed by atoms with van der Waals surface area (Å²) in [4.78, 5) is 16.6. The lowest BCUT2D eigenvalue weighted by Crippen LogP contribution is -2.36. The standard InChI is InChI=1S/C23H32ClN3O6/c1-23(2,3)27-22(28)21(24)18(15-26-27)33-16-17-7-8-19(25-14-17)30-12-10-29-11-13-32-20-6-4-5-9-31-20/h7-8,14-15,20H,4-6,9-13,16H2,1-3H3. The normalized spacial score (nSPS) is 16.5. The van der Waals surface area contributed by atoms with Crippen molar-refractivity contribution in [3.05, 3.63) is 45.5 Å². The molecule has 1 saturated heterocycles. The fourth-order valence-electron chi connectivity index (χ4n) is 3.13. The number of nitrogens with zero attached hydrogens (tertiary/aromatic N) is 3. The second kappa shape index (κ2) is 12.3. The van der Waals surface area contributed by atoms with Crippen molar-refractivity contribution in [3.63, 3.8) is 0 Å². The van der Waals surface area contributed by atoms with Crippen molar-refractivity contribution in [2.24, 2.45) is 0 Å². The van der Waals surface area contributed by atoms with E-state index in [2.05, 4.69) is 10.1 Å². The van der Waals surface area contributed by atoms with Gasteiger partial charge in [-0.3, -0.25) is 4.79 Å².